The first-order chi connectivity index (χ1) is 9.54. The van der Waals surface area contributed by atoms with Gasteiger partial charge in [-0.15, -0.1) is 0 Å². The van der Waals surface area contributed by atoms with E-state index in [1.54, 1.807) is 18.2 Å². The SMILES string of the molecule is CCCCCCCC1Nc2ccccc2N1S(=O)(=O)[O-].[Na+]. The molecule has 0 saturated carbocycles. The van der Waals surface area contributed by atoms with E-state index in [9.17, 15) is 13.0 Å². The van der Waals surface area contributed by atoms with Gasteiger partial charge in [-0.2, -0.15) is 0 Å². The van der Waals surface area contributed by atoms with E-state index >= 15 is 0 Å². The average molecular weight is 320 g/mol. The van der Waals surface area contributed by atoms with Crippen molar-refractivity contribution in [2.75, 3.05) is 9.62 Å². The number of anilines is 2. The molecular formula is C14H21N2NaO3S. The second kappa shape index (κ2) is 8.39. The van der Waals surface area contributed by atoms with E-state index < -0.39 is 16.5 Å². The summed E-state index contributed by atoms with van der Waals surface area (Å²) in [5.41, 5.74) is 1.17. The Morgan fingerprint density at radius 1 is 1.19 bits per heavy atom. The molecule has 0 saturated heterocycles. The minimum absolute atomic E-state index is 0. The van der Waals surface area contributed by atoms with Gasteiger partial charge in [0.25, 0.3) is 0 Å². The number of hydrogen-bond acceptors (Lipinski definition) is 4. The molecule has 0 fully saturated rings. The summed E-state index contributed by atoms with van der Waals surface area (Å²) in [6, 6.07) is 7.02. The zero-order valence-electron chi connectivity index (χ0n) is 12.7. The Morgan fingerprint density at radius 3 is 2.52 bits per heavy atom. The molecule has 21 heavy (non-hydrogen) atoms. The van der Waals surface area contributed by atoms with Gasteiger partial charge in [0.05, 0.1) is 11.4 Å². The molecule has 1 aromatic rings. The Morgan fingerprint density at radius 2 is 1.86 bits per heavy atom. The van der Waals surface area contributed by atoms with Gasteiger partial charge in [-0.3, -0.25) is 4.31 Å². The first-order valence-corrected chi connectivity index (χ1v) is 8.51. The minimum atomic E-state index is -4.49. The van der Waals surface area contributed by atoms with Crippen LogP contribution in [0.5, 0.6) is 0 Å². The molecule has 1 atom stereocenters. The molecule has 0 amide bonds. The van der Waals surface area contributed by atoms with Gasteiger partial charge in [0, 0.05) is 0 Å². The summed E-state index contributed by atoms with van der Waals surface area (Å²) in [7, 11) is -4.49. The van der Waals surface area contributed by atoms with Gasteiger partial charge in [0.15, 0.2) is 10.3 Å². The largest absolute Gasteiger partial charge is 1.00 e. The summed E-state index contributed by atoms with van der Waals surface area (Å²) in [6.45, 7) is 2.15. The number of para-hydroxylation sites is 2. The topological polar surface area (TPSA) is 72.5 Å². The van der Waals surface area contributed by atoms with Crippen LogP contribution in [0.4, 0.5) is 11.4 Å². The molecule has 0 aliphatic carbocycles. The van der Waals surface area contributed by atoms with E-state index in [0.717, 1.165) is 23.6 Å². The van der Waals surface area contributed by atoms with Crippen molar-refractivity contribution >= 4 is 21.7 Å². The summed E-state index contributed by atoms with van der Waals surface area (Å²) in [4.78, 5) is 0. The third-order valence-corrected chi connectivity index (χ3v) is 4.50. The predicted octanol–water partition coefficient (Wildman–Crippen LogP) is 0.0693. The number of nitrogens with zero attached hydrogens (tertiary/aromatic N) is 1. The van der Waals surface area contributed by atoms with Crippen molar-refractivity contribution < 1.29 is 42.5 Å². The number of fused-ring (bicyclic) bond motifs is 1. The zero-order valence-corrected chi connectivity index (χ0v) is 15.5. The number of nitrogens with one attached hydrogen (secondary N) is 1. The predicted molar refractivity (Wildman–Crippen MR) is 79.4 cm³/mol. The van der Waals surface area contributed by atoms with E-state index in [1.807, 2.05) is 6.07 Å². The number of rotatable bonds is 7. The Labute approximate surface area is 149 Å². The second-order valence-electron chi connectivity index (χ2n) is 5.13. The number of hydrogen-bond donors (Lipinski definition) is 1. The molecule has 0 bridgehead atoms. The molecule has 0 aromatic heterocycles. The van der Waals surface area contributed by atoms with Crippen LogP contribution in [0.3, 0.4) is 0 Å². The third-order valence-electron chi connectivity index (χ3n) is 3.57. The van der Waals surface area contributed by atoms with Gasteiger partial charge >= 0.3 is 29.6 Å². The zero-order chi connectivity index (χ0) is 14.6. The summed E-state index contributed by atoms with van der Waals surface area (Å²) < 4.78 is 35.4. The van der Waals surface area contributed by atoms with E-state index in [2.05, 4.69) is 12.2 Å². The van der Waals surface area contributed by atoms with Crippen LogP contribution in [0.2, 0.25) is 0 Å². The number of unbranched alkanes of at least 4 members (excludes halogenated alkanes) is 4. The monoisotopic (exact) mass is 320 g/mol. The molecule has 1 aliphatic rings. The molecule has 1 N–H and O–H groups in total. The van der Waals surface area contributed by atoms with Crippen LogP contribution >= 0.6 is 0 Å². The smallest absolute Gasteiger partial charge is 0.731 e. The maximum Gasteiger partial charge on any atom is 1.00 e. The second-order valence-corrected chi connectivity index (χ2v) is 6.38. The molecule has 1 aromatic carbocycles. The van der Waals surface area contributed by atoms with Gasteiger partial charge in [0.2, 0.25) is 0 Å². The van der Waals surface area contributed by atoms with Crippen molar-refractivity contribution in [1.82, 2.24) is 0 Å². The summed E-state index contributed by atoms with van der Waals surface area (Å²) >= 11 is 0. The van der Waals surface area contributed by atoms with Crippen LogP contribution in [0.25, 0.3) is 0 Å². The van der Waals surface area contributed by atoms with Crippen LogP contribution in [0.1, 0.15) is 45.4 Å². The first kappa shape index (κ1) is 18.8. The summed E-state index contributed by atoms with van der Waals surface area (Å²) in [5.74, 6) is 0. The summed E-state index contributed by atoms with van der Waals surface area (Å²) in [5, 5.41) is 3.13. The molecule has 1 aliphatic heterocycles. The third kappa shape index (κ3) is 4.86. The molecule has 1 heterocycles. The molecule has 0 spiro atoms. The standard InChI is InChI=1S/C14H22N2O3S.Na/c1-2-3-4-5-6-11-14-15-12-9-7-8-10-13(12)16(14)20(17,18)19;/h7-10,14-15H,2-6,11H2,1H3,(H,17,18,19);/q;+1/p-1. The summed E-state index contributed by atoms with van der Waals surface area (Å²) in [6.07, 6.45) is 5.71. The fourth-order valence-corrected chi connectivity index (χ4v) is 3.47. The minimum Gasteiger partial charge on any atom is -0.731 e. The maximum absolute atomic E-state index is 11.5. The van der Waals surface area contributed by atoms with Crippen molar-refractivity contribution in [2.45, 2.75) is 51.6 Å². The Bertz CT molecular complexity index is 551. The quantitative estimate of drug-likeness (QED) is 0.438. The van der Waals surface area contributed by atoms with Crippen molar-refractivity contribution in [2.24, 2.45) is 0 Å². The van der Waals surface area contributed by atoms with Crippen LogP contribution in [0.15, 0.2) is 24.3 Å². The molecule has 112 valence electrons. The molecule has 7 heteroatoms. The molecule has 5 nitrogen and oxygen atoms in total. The normalized spacial score (nSPS) is 17.0. The van der Waals surface area contributed by atoms with Crippen LogP contribution < -0.4 is 39.2 Å². The fourth-order valence-electron chi connectivity index (χ4n) is 2.60. The van der Waals surface area contributed by atoms with Gasteiger partial charge in [-0.25, -0.2) is 8.42 Å². The molecule has 1 unspecified atom stereocenters. The molecule has 0 radical (unpaired) electrons. The van der Waals surface area contributed by atoms with E-state index in [4.69, 9.17) is 0 Å². The van der Waals surface area contributed by atoms with Crippen LogP contribution in [0, 0.1) is 0 Å². The van der Waals surface area contributed by atoms with Crippen molar-refractivity contribution in [3.8, 4) is 0 Å². The van der Waals surface area contributed by atoms with Crippen molar-refractivity contribution in [1.29, 1.82) is 0 Å². The van der Waals surface area contributed by atoms with Gasteiger partial charge in [-0.1, -0.05) is 44.7 Å². The average Bonchev–Trinajstić information content (AvgIpc) is 2.76. The maximum atomic E-state index is 11.5. The van der Waals surface area contributed by atoms with E-state index in [1.165, 1.54) is 12.8 Å². The Kier molecular flexibility index (Phi) is 7.50. The van der Waals surface area contributed by atoms with E-state index in [-0.39, 0.29) is 29.6 Å². The van der Waals surface area contributed by atoms with Gasteiger partial charge in [-0.05, 0) is 25.0 Å². The molecule has 2 rings (SSSR count). The van der Waals surface area contributed by atoms with E-state index in [0.29, 0.717) is 17.8 Å². The fraction of sp³-hybridized carbons (Fsp3) is 0.571. The van der Waals surface area contributed by atoms with Gasteiger partial charge < -0.3 is 9.87 Å². The van der Waals surface area contributed by atoms with Crippen molar-refractivity contribution in [3.05, 3.63) is 24.3 Å². The number of benzene rings is 1. The molecular weight excluding hydrogens is 299 g/mol. The first-order valence-electron chi connectivity index (χ1n) is 7.15. The van der Waals surface area contributed by atoms with Crippen molar-refractivity contribution in [3.63, 3.8) is 0 Å². The Hall–Kier alpha value is -0.270. The van der Waals surface area contributed by atoms with Gasteiger partial charge in [0.1, 0.15) is 6.17 Å². The Balaban J connectivity index is 0.00000220. The van der Waals surface area contributed by atoms with Crippen LogP contribution in [-0.2, 0) is 10.3 Å². The van der Waals surface area contributed by atoms with Crippen LogP contribution in [-0.4, -0.2) is 19.1 Å².